The minimum Gasteiger partial charge on any atom is -0.480 e. The summed E-state index contributed by atoms with van der Waals surface area (Å²) in [5, 5.41) is 25.7. The monoisotopic (exact) mass is 503 g/mol. The molecular formula is C23H25N3O8S. The van der Waals surface area contributed by atoms with Crippen LogP contribution in [-0.4, -0.2) is 57.9 Å². The smallest absolute Gasteiger partial charge is 0.413 e. The second-order valence-electron chi connectivity index (χ2n) is 7.27. The van der Waals surface area contributed by atoms with E-state index >= 15 is 0 Å². The fourth-order valence-corrected chi connectivity index (χ4v) is 3.19. The zero-order valence-electron chi connectivity index (χ0n) is 18.4. The Morgan fingerprint density at radius 1 is 0.800 bits per heavy atom. The van der Waals surface area contributed by atoms with Gasteiger partial charge in [-0.2, -0.15) is 12.6 Å². The van der Waals surface area contributed by atoms with Gasteiger partial charge in [0.1, 0.15) is 17.8 Å². The molecule has 0 bridgehead atoms. The molecule has 0 heterocycles. The number of carbonyl (C=O) groups is 5. The molecule has 0 fully saturated rings. The number of hydrogen-bond donors (Lipinski definition) is 6. The molecule has 0 radical (unpaired) electrons. The van der Waals surface area contributed by atoms with Crippen molar-refractivity contribution in [2.45, 2.75) is 31.0 Å². The number of carbonyl (C=O) groups excluding carboxylic acids is 3. The summed E-state index contributed by atoms with van der Waals surface area (Å²) in [6.07, 6.45) is -1.63. The first-order chi connectivity index (χ1) is 16.7. The summed E-state index contributed by atoms with van der Waals surface area (Å²) < 4.78 is 4.98. The van der Waals surface area contributed by atoms with Gasteiger partial charge in [0.2, 0.25) is 11.8 Å². The number of carboxylic acid groups (broad SMARTS) is 2. The molecule has 2 aromatic rings. The van der Waals surface area contributed by atoms with Crippen molar-refractivity contribution >= 4 is 42.5 Å². The van der Waals surface area contributed by atoms with E-state index < -0.39 is 48.0 Å². The fraction of sp³-hybridized carbons (Fsp3) is 0.261. The van der Waals surface area contributed by atoms with Crippen LogP contribution in [0.1, 0.15) is 24.4 Å². The summed E-state index contributed by atoms with van der Waals surface area (Å²) in [4.78, 5) is 59.9. The molecule has 2 aromatic carbocycles. The summed E-state index contributed by atoms with van der Waals surface area (Å²) >= 11 is 4.03. The van der Waals surface area contributed by atoms with Crippen molar-refractivity contribution in [3.8, 4) is 5.75 Å². The highest BCUT2D eigenvalue weighted by atomic mass is 32.1. The molecule has 0 saturated heterocycles. The first kappa shape index (κ1) is 27.2. The van der Waals surface area contributed by atoms with Gasteiger partial charge in [-0.1, -0.05) is 48.5 Å². The molecule has 3 amide bonds. The average Bonchev–Trinajstić information content (AvgIpc) is 2.84. The zero-order chi connectivity index (χ0) is 25.8. The van der Waals surface area contributed by atoms with Gasteiger partial charge in [-0.25, -0.2) is 14.4 Å². The third-order valence-corrected chi connectivity index (χ3v) is 5.07. The molecule has 0 aliphatic rings. The van der Waals surface area contributed by atoms with Crippen LogP contribution in [0, 0.1) is 0 Å². The third kappa shape index (κ3) is 9.01. The Kier molecular flexibility index (Phi) is 10.6. The fourth-order valence-electron chi connectivity index (χ4n) is 2.94. The topological polar surface area (TPSA) is 171 Å². The van der Waals surface area contributed by atoms with Crippen LogP contribution in [0.3, 0.4) is 0 Å². The Bertz CT molecular complexity index is 1040. The third-order valence-electron chi connectivity index (χ3n) is 4.70. The maximum absolute atomic E-state index is 12.6. The highest BCUT2D eigenvalue weighted by Crippen LogP contribution is 2.13. The second-order valence-corrected chi connectivity index (χ2v) is 7.63. The number of aliphatic carboxylic acids is 2. The second kappa shape index (κ2) is 13.6. The standard InChI is InChI=1S/C23H25N3O8S/c27-18(12-11-16(21(29)30)25-23(33)34-15-9-5-2-6-10-15)24-17(13-35)20(28)26-19(22(31)32)14-7-3-1-4-8-14/h1-10,16-17,19,35H,11-13H2,(H,24,27)(H,25,33)(H,26,28)(H,29,30)(H,31,32)/t16-,17-,19+/m0/s1. The molecule has 0 saturated carbocycles. The number of para-hydroxylation sites is 1. The Labute approximate surface area is 206 Å². The minimum absolute atomic E-state index is 0.136. The van der Waals surface area contributed by atoms with Crippen molar-refractivity contribution in [3.05, 3.63) is 66.2 Å². The van der Waals surface area contributed by atoms with Crippen LogP contribution in [0.25, 0.3) is 0 Å². The number of carboxylic acids is 2. The van der Waals surface area contributed by atoms with Crippen molar-refractivity contribution < 1.29 is 38.9 Å². The van der Waals surface area contributed by atoms with E-state index in [0.717, 1.165) is 0 Å². The Hall–Kier alpha value is -4.06. The Morgan fingerprint density at radius 3 is 1.94 bits per heavy atom. The van der Waals surface area contributed by atoms with Gasteiger partial charge >= 0.3 is 18.0 Å². The van der Waals surface area contributed by atoms with Crippen LogP contribution in [0.2, 0.25) is 0 Å². The highest BCUT2D eigenvalue weighted by molar-refractivity contribution is 7.80. The quantitative estimate of drug-likeness (QED) is 0.236. The maximum atomic E-state index is 12.6. The molecule has 0 aromatic heterocycles. The summed E-state index contributed by atoms with van der Waals surface area (Å²) in [7, 11) is 0. The van der Waals surface area contributed by atoms with Crippen molar-refractivity contribution in [1.29, 1.82) is 0 Å². The van der Waals surface area contributed by atoms with Gasteiger partial charge in [0.05, 0.1) is 0 Å². The van der Waals surface area contributed by atoms with Gasteiger partial charge in [0.25, 0.3) is 0 Å². The predicted molar refractivity (Wildman–Crippen MR) is 127 cm³/mol. The lowest BCUT2D eigenvalue weighted by Gasteiger charge is -2.21. The number of rotatable bonds is 12. The number of nitrogens with one attached hydrogen (secondary N) is 3. The number of amides is 3. The van der Waals surface area contributed by atoms with Crippen molar-refractivity contribution in [2.75, 3.05) is 5.75 Å². The van der Waals surface area contributed by atoms with Crippen LogP contribution in [0.4, 0.5) is 4.79 Å². The van der Waals surface area contributed by atoms with Crippen molar-refractivity contribution in [3.63, 3.8) is 0 Å². The molecule has 0 aliphatic heterocycles. The molecule has 35 heavy (non-hydrogen) atoms. The zero-order valence-corrected chi connectivity index (χ0v) is 19.3. The maximum Gasteiger partial charge on any atom is 0.413 e. The van der Waals surface area contributed by atoms with Gasteiger partial charge < -0.3 is 30.9 Å². The van der Waals surface area contributed by atoms with Crippen LogP contribution < -0.4 is 20.7 Å². The van der Waals surface area contributed by atoms with E-state index in [2.05, 4.69) is 28.6 Å². The predicted octanol–water partition coefficient (Wildman–Crippen LogP) is 1.37. The van der Waals surface area contributed by atoms with Gasteiger partial charge in [-0.15, -0.1) is 0 Å². The molecule has 5 N–H and O–H groups in total. The van der Waals surface area contributed by atoms with E-state index in [1.807, 2.05) is 0 Å². The number of benzene rings is 2. The average molecular weight is 504 g/mol. The molecule has 0 aliphatic carbocycles. The van der Waals surface area contributed by atoms with Crippen LogP contribution >= 0.6 is 12.6 Å². The number of hydrogen-bond acceptors (Lipinski definition) is 7. The normalized spacial score (nSPS) is 12.9. The van der Waals surface area contributed by atoms with E-state index in [9.17, 15) is 34.2 Å². The first-order valence-electron chi connectivity index (χ1n) is 10.5. The Morgan fingerprint density at radius 2 is 1.40 bits per heavy atom. The van der Waals surface area contributed by atoms with E-state index in [4.69, 9.17) is 4.74 Å². The molecular weight excluding hydrogens is 478 g/mol. The first-order valence-corrected chi connectivity index (χ1v) is 11.1. The lowest BCUT2D eigenvalue weighted by Crippen LogP contribution is -2.50. The SMILES string of the molecule is O=C(CC[C@H](NC(=O)Oc1ccccc1)C(=O)O)N[C@@H](CS)C(=O)N[C@@H](C(=O)O)c1ccccc1. The van der Waals surface area contributed by atoms with Crippen molar-refractivity contribution in [2.24, 2.45) is 0 Å². The highest BCUT2D eigenvalue weighted by Gasteiger charge is 2.28. The van der Waals surface area contributed by atoms with E-state index in [-0.39, 0.29) is 24.3 Å². The number of thiol groups is 1. The van der Waals surface area contributed by atoms with Crippen LogP contribution in [0.15, 0.2) is 60.7 Å². The molecule has 2 rings (SSSR count). The van der Waals surface area contributed by atoms with Gasteiger partial charge in [0, 0.05) is 12.2 Å². The molecule has 186 valence electrons. The summed E-state index contributed by atoms with van der Waals surface area (Å²) in [5.74, 6) is -4.04. The van der Waals surface area contributed by atoms with Crippen LogP contribution in [0.5, 0.6) is 5.75 Å². The lowest BCUT2D eigenvalue weighted by molar-refractivity contribution is -0.142. The summed E-state index contributed by atoms with van der Waals surface area (Å²) in [6, 6.07) is 12.1. The van der Waals surface area contributed by atoms with E-state index in [0.29, 0.717) is 5.56 Å². The Balaban J connectivity index is 1.90. The molecule has 0 unspecified atom stereocenters. The molecule has 12 heteroatoms. The van der Waals surface area contributed by atoms with E-state index in [1.165, 1.54) is 24.3 Å². The van der Waals surface area contributed by atoms with Crippen molar-refractivity contribution in [1.82, 2.24) is 16.0 Å². The lowest BCUT2D eigenvalue weighted by atomic mass is 10.1. The summed E-state index contributed by atoms with van der Waals surface area (Å²) in [5.41, 5.74) is 0.343. The van der Waals surface area contributed by atoms with Gasteiger partial charge in [-0.3, -0.25) is 9.59 Å². The molecule has 11 nitrogen and oxygen atoms in total. The molecule has 3 atom stereocenters. The largest absolute Gasteiger partial charge is 0.480 e. The van der Waals surface area contributed by atoms with Gasteiger partial charge in [-0.05, 0) is 24.1 Å². The molecule has 0 spiro atoms. The number of ether oxygens (including phenoxy) is 1. The van der Waals surface area contributed by atoms with Crippen LogP contribution in [-0.2, 0) is 19.2 Å². The minimum atomic E-state index is -1.42. The van der Waals surface area contributed by atoms with E-state index in [1.54, 1.807) is 36.4 Å². The van der Waals surface area contributed by atoms with Gasteiger partial charge in [0.15, 0.2) is 6.04 Å². The summed E-state index contributed by atoms with van der Waals surface area (Å²) in [6.45, 7) is 0.